The van der Waals surface area contributed by atoms with E-state index in [0.29, 0.717) is 23.4 Å². The topological polar surface area (TPSA) is 69.8 Å². The lowest BCUT2D eigenvalue weighted by molar-refractivity contribution is -0.433. The second-order valence-electron chi connectivity index (χ2n) is 10.5. The van der Waals surface area contributed by atoms with Crippen LogP contribution in [0.15, 0.2) is 77.2 Å². The van der Waals surface area contributed by atoms with Gasteiger partial charge >= 0.3 is 0 Å². The van der Waals surface area contributed by atoms with Crippen molar-refractivity contribution >= 4 is 29.3 Å². The third-order valence-electron chi connectivity index (χ3n) is 7.87. The van der Waals surface area contributed by atoms with E-state index in [1.807, 2.05) is 42.3 Å². The lowest BCUT2D eigenvalue weighted by atomic mass is 9.77. The first kappa shape index (κ1) is 23.8. The maximum Gasteiger partial charge on any atom is 0.298 e. The van der Waals surface area contributed by atoms with Crippen LogP contribution in [0.25, 0.3) is 0 Å². The standard InChI is InChI=1S/C30H30N2O4/c1-7-32-24-11-9-8-10-21(24)29(2,3)26(32)16-20-27(34)19(28(20)35)15-25-30(4,5)22-14-18(36-17-33)12-13-23(22)31(25)6/h8-17H,7H2,1-6H3/p+1. The second-order valence-corrected chi connectivity index (χ2v) is 10.5. The molecule has 0 radical (unpaired) electrons. The minimum Gasteiger partial charge on any atom is -0.506 e. The molecule has 2 aromatic carbocycles. The molecule has 2 aliphatic heterocycles. The Morgan fingerprint density at radius 2 is 1.75 bits per heavy atom. The van der Waals surface area contributed by atoms with Crippen LogP contribution in [0.1, 0.15) is 45.7 Å². The van der Waals surface area contributed by atoms with Crippen LogP contribution in [0.2, 0.25) is 0 Å². The molecular weight excluding hydrogens is 452 g/mol. The highest BCUT2D eigenvalue weighted by atomic mass is 16.5. The van der Waals surface area contributed by atoms with E-state index in [9.17, 15) is 14.7 Å². The van der Waals surface area contributed by atoms with Gasteiger partial charge in [0.2, 0.25) is 11.5 Å². The van der Waals surface area contributed by atoms with Crippen molar-refractivity contribution in [2.24, 2.45) is 0 Å². The molecule has 3 aliphatic rings. The van der Waals surface area contributed by atoms with Crippen molar-refractivity contribution in [1.82, 2.24) is 0 Å². The molecule has 0 bridgehead atoms. The Labute approximate surface area is 211 Å². The Kier molecular flexibility index (Phi) is 5.32. The Hall–Kier alpha value is -3.93. The number of nitrogens with zero attached hydrogens (tertiary/aromatic N) is 2. The molecule has 0 aromatic heterocycles. The number of likely N-dealkylation sites (N-methyl/N-ethyl adjacent to an activating group) is 1. The van der Waals surface area contributed by atoms with Crippen molar-refractivity contribution in [2.45, 2.75) is 45.4 Å². The van der Waals surface area contributed by atoms with Crippen LogP contribution in [-0.4, -0.2) is 41.2 Å². The molecule has 0 amide bonds. The van der Waals surface area contributed by atoms with Gasteiger partial charge < -0.3 is 14.7 Å². The predicted octanol–water partition coefficient (Wildman–Crippen LogP) is 5.25. The molecule has 1 N–H and O–H groups in total. The number of Topliss-reactive ketones (excluding diaryl/α,β-unsaturated/α-hetero) is 1. The number of carbonyl (C=O) groups excluding carboxylic acids is 2. The molecule has 0 fully saturated rings. The fourth-order valence-corrected chi connectivity index (χ4v) is 5.83. The van der Waals surface area contributed by atoms with Crippen LogP contribution in [0, 0.1) is 0 Å². The molecule has 6 heteroatoms. The Morgan fingerprint density at radius 3 is 2.42 bits per heavy atom. The Morgan fingerprint density at radius 1 is 1.03 bits per heavy atom. The molecule has 0 spiro atoms. The number of hydrogen-bond donors (Lipinski definition) is 1. The molecule has 2 heterocycles. The Balaban J connectivity index is 1.55. The number of aliphatic hydroxyl groups excluding tert-OH is 1. The van der Waals surface area contributed by atoms with E-state index >= 15 is 0 Å². The summed E-state index contributed by atoms with van der Waals surface area (Å²) >= 11 is 0. The van der Waals surface area contributed by atoms with E-state index in [0.717, 1.165) is 34.9 Å². The van der Waals surface area contributed by atoms with E-state index in [2.05, 4.69) is 51.3 Å². The van der Waals surface area contributed by atoms with Gasteiger partial charge in [-0.15, -0.1) is 0 Å². The third kappa shape index (κ3) is 3.20. The summed E-state index contributed by atoms with van der Waals surface area (Å²) in [5.41, 5.74) is 6.09. The van der Waals surface area contributed by atoms with E-state index in [-0.39, 0.29) is 17.0 Å². The van der Waals surface area contributed by atoms with Crippen LogP contribution >= 0.6 is 0 Å². The van der Waals surface area contributed by atoms with E-state index in [1.54, 1.807) is 12.1 Å². The fourth-order valence-electron chi connectivity index (χ4n) is 5.83. The first-order chi connectivity index (χ1) is 17.0. The molecule has 36 heavy (non-hydrogen) atoms. The molecule has 0 saturated carbocycles. The zero-order chi connectivity index (χ0) is 26.0. The van der Waals surface area contributed by atoms with Gasteiger partial charge in [-0.1, -0.05) is 32.0 Å². The van der Waals surface area contributed by atoms with Crippen molar-refractivity contribution in [3.63, 3.8) is 0 Å². The maximum absolute atomic E-state index is 13.3. The lowest BCUT2D eigenvalue weighted by Gasteiger charge is -2.27. The van der Waals surface area contributed by atoms with Crippen molar-refractivity contribution in [1.29, 1.82) is 0 Å². The smallest absolute Gasteiger partial charge is 0.298 e. The highest BCUT2D eigenvalue weighted by molar-refractivity contribution is 6.24. The van der Waals surface area contributed by atoms with Crippen LogP contribution in [0.5, 0.6) is 5.75 Å². The number of allylic oxidation sites excluding steroid dienone is 5. The normalized spacial score (nSPS) is 21.7. The number of hydrogen-bond acceptors (Lipinski definition) is 5. The molecule has 1 aliphatic carbocycles. The number of anilines is 1. The van der Waals surface area contributed by atoms with Gasteiger partial charge in [-0.05, 0) is 50.6 Å². The second kappa shape index (κ2) is 8.05. The van der Waals surface area contributed by atoms with Gasteiger partial charge in [0.25, 0.3) is 6.47 Å². The number of ketones is 1. The van der Waals surface area contributed by atoms with Gasteiger partial charge in [-0.2, -0.15) is 4.58 Å². The average molecular weight is 484 g/mol. The minimum atomic E-state index is -0.456. The highest BCUT2D eigenvalue weighted by Crippen LogP contribution is 2.49. The zero-order valence-corrected chi connectivity index (χ0v) is 21.5. The third-order valence-corrected chi connectivity index (χ3v) is 7.87. The van der Waals surface area contributed by atoms with E-state index in [1.165, 1.54) is 5.56 Å². The van der Waals surface area contributed by atoms with E-state index < -0.39 is 5.41 Å². The first-order valence-corrected chi connectivity index (χ1v) is 12.2. The van der Waals surface area contributed by atoms with Gasteiger partial charge in [-0.3, -0.25) is 9.59 Å². The van der Waals surface area contributed by atoms with Crippen molar-refractivity contribution in [3.8, 4) is 5.75 Å². The van der Waals surface area contributed by atoms with Gasteiger partial charge in [0.15, 0.2) is 5.71 Å². The largest absolute Gasteiger partial charge is 0.506 e. The highest BCUT2D eigenvalue weighted by Gasteiger charge is 2.46. The molecule has 6 nitrogen and oxygen atoms in total. The molecule has 2 aromatic rings. The molecular formula is C30H31N2O4+. The summed E-state index contributed by atoms with van der Waals surface area (Å²) in [5.74, 6) is 0.324. The summed E-state index contributed by atoms with van der Waals surface area (Å²) in [4.78, 5) is 26.1. The number of aliphatic hydroxyl groups is 1. The number of fused-ring (bicyclic) bond motifs is 2. The van der Waals surface area contributed by atoms with Crippen LogP contribution in [0.3, 0.4) is 0 Å². The van der Waals surface area contributed by atoms with Crippen LogP contribution in [0.4, 0.5) is 11.4 Å². The fraction of sp³-hybridized carbons (Fsp3) is 0.300. The van der Waals surface area contributed by atoms with Gasteiger partial charge in [0, 0.05) is 41.6 Å². The Bertz CT molecular complexity index is 1450. The van der Waals surface area contributed by atoms with Crippen molar-refractivity contribution in [3.05, 3.63) is 88.3 Å². The van der Waals surface area contributed by atoms with Crippen molar-refractivity contribution in [2.75, 3.05) is 18.5 Å². The average Bonchev–Trinajstić information content (AvgIpc) is 3.18. The van der Waals surface area contributed by atoms with Gasteiger partial charge in [0.1, 0.15) is 18.1 Å². The SMILES string of the molecule is CC[N+]1=C(/C=C2/C(=O)C(/C=C3/N(C)c4ccc(OC=O)cc4C3(C)C)=C2O)C(C)(C)c2ccccc21. The summed E-state index contributed by atoms with van der Waals surface area (Å²) < 4.78 is 7.25. The number of ether oxygens (including phenoxy) is 1. The van der Waals surface area contributed by atoms with Crippen LogP contribution < -0.4 is 9.64 Å². The molecule has 0 unspecified atom stereocenters. The van der Waals surface area contributed by atoms with E-state index in [4.69, 9.17) is 4.74 Å². The summed E-state index contributed by atoms with van der Waals surface area (Å²) in [7, 11) is 1.93. The van der Waals surface area contributed by atoms with Crippen LogP contribution in [-0.2, 0) is 20.4 Å². The number of para-hydroxylation sites is 1. The number of rotatable bonds is 5. The quantitative estimate of drug-likeness (QED) is 0.357. The molecule has 184 valence electrons. The predicted molar refractivity (Wildman–Crippen MR) is 140 cm³/mol. The monoisotopic (exact) mass is 483 g/mol. The van der Waals surface area contributed by atoms with Gasteiger partial charge in [-0.25, -0.2) is 0 Å². The molecule has 5 rings (SSSR count). The maximum atomic E-state index is 13.3. The summed E-state index contributed by atoms with van der Waals surface area (Å²) in [6, 6.07) is 13.8. The molecule has 0 saturated heterocycles. The molecule has 0 atom stereocenters. The number of benzene rings is 2. The zero-order valence-electron chi connectivity index (χ0n) is 21.5. The first-order valence-electron chi connectivity index (χ1n) is 12.2. The number of carbonyl (C=O) groups is 2. The minimum absolute atomic E-state index is 0.0212. The van der Waals surface area contributed by atoms with Crippen molar-refractivity contribution < 1.29 is 24.0 Å². The summed E-state index contributed by atoms with van der Waals surface area (Å²) in [6.07, 6.45) is 3.64. The summed E-state index contributed by atoms with van der Waals surface area (Å²) in [6.45, 7) is 11.7. The summed E-state index contributed by atoms with van der Waals surface area (Å²) in [5, 5.41) is 11.0. The van der Waals surface area contributed by atoms with Gasteiger partial charge in [0.05, 0.1) is 16.6 Å². The lowest BCUT2D eigenvalue weighted by Crippen LogP contribution is -2.31.